The zero-order chi connectivity index (χ0) is 31.6. The van der Waals surface area contributed by atoms with Crippen molar-refractivity contribution in [1.82, 2.24) is 14.5 Å². The van der Waals surface area contributed by atoms with Gasteiger partial charge < -0.3 is 8.98 Å². The van der Waals surface area contributed by atoms with Crippen LogP contribution in [0.5, 0.6) is 0 Å². The zero-order valence-electron chi connectivity index (χ0n) is 25.8. The van der Waals surface area contributed by atoms with Gasteiger partial charge in [-0.25, -0.2) is 9.97 Å². The van der Waals surface area contributed by atoms with Crippen LogP contribution >= 0.6 is 0 Å². The van der Waals surface area contributed by atoms with Gasteiger partial charge in [0, 0.05) is 32.7 Å². The lowest BCUT2D eigenvalue weighted by Gasteiger charge is -2.11. The topological polar surface area (TPSA) is 43.9 Å². The summed E-state index contributed by atoms with van der Waals surface area (Å²) in [7, 11) is 0. The first-order valence-electron chi connectivity index (χ1n) is 16.2. The van der Waals surface area contributed by atoms with Crippen LogP contribution in [0.2, 0.25) is 0 Å². The molecule has 10 aromatic rings. The van der Waals surface area contributed by atoms with Gasteiger partial charge in [-0.15, -0.1) is 0 Å². The molecule has 10 rings (SSSR count). The first-order valence-corrected chi connectivity index (χ1v) is 16.2. The van der Waals surface area contributed by atoms with Gasteiger partial charge in [0.1, 0.15) is 11.2 Å². The number of furan rings is 1. The second-order valence-corrected chi connectivity index (χ2v) is 12.2. The average Bonchev–Trinajstić information content (AvgIpc) is 3.71. The highest BCUT2D eigenvalue weighted by molar-refractivity contribution is 6.25. The van der Waals surface area contributed by atoms with E-state index in [1.807, 2.05) is 36.4 Å². The summed E-state index contributed by atoms with van der Waals surface area (Å²) in [6, 6.07) is 57.1. The Bertz CT molecular complexity index is 2770. The summed E-state index contributed by atoms with van der Waals surface area (Å²) in [6.45, 7) is 0. The predicted molar refractivity (Wildman–Crippen MR) is 197 cm³/mol. The van der Waals surface area contributed by atoms with E-state index in [2.05, 4.69) is 132 Å². The molecule has 0 aliphatic rings. The van der Waals surface area contributed by atoms with Crippen LogP contribution in [0, 0.1) is 0 Å². The molecule has 3 heterocycles. The molecule has 0 fully saturated rings. The predicted octanol–water partition coefficient (Wildman–Crippen LogP) is 11.6. The van der Waals surface area contributed by atoms with E-state index in [0.29, 0.717) is 5.82 Å². The summed E-state index contributed by atoms with van der Waals surface area (Å²) >= 11 is 0. The number of hydrogen-bond acceptors (Lipinski definition) is 3. The van der Waals surface area contributed by atoms with Crippen LogP contribution in [0.15, 0.2) is 168 Å². The number of para-hydroxylation sites is 2. The molecule has 0 spiro atoms. The van der Waals surface area contributed by atoms with Crippen LogP contribution in [0.3, 0.4) is 0 Å². The third-order valence-electron chi connectivity index (χ3n) is 9.41. The van der Waals surface area contributed by atoms with E-state index in [-0.39, 0.29) is 0 Å². The Morgan fingerprint density at radius 1 is 0.438 bits per heavy atom. The highest BCUT2D eigenvalue weighted by Gasteiger charge is 2.22. The third kappa shape index (κ3) is 4.03. The molecule has 0 aliphatic heterocycles. The largest absolute Gasteiger partial charge is 0.455 e. The van der Waals surface area contributed by atoms with Crippen molar-refractivity contribution in [3.8, 4) is 39.6 Å². The number of hydrogen-bond donors (Lipinski definition) is 0. The highest BCUT2D eigenvalue weighted by atomic mass is 16.3. The third-order valence-corrected chi connectivity index (χ3v) is 9.41. The smallest absolute Gasteiger partial charge is 0.164 e. The molecule has 3 aromatic heterocycles. The first-order chi connectivity index (χ1) is 23.8. The molecule has 4 heteroatoms. The summed E-state index contributed by atoms with van der Waals surface area (Å²) in [5.41, 5.74) is 9.73. The fourth-order valence-corrected chi connectivity index (χ4v) is 7.23. The first kappa shape index (κ1) is 26.7. The van der Waals surface area contributed by atoms with Gasteiger partial charge in [-0.3, -0.25) is 0 Å². The van der Waals surface area contributed by atoms with Crippen molar-refractivity contribution in [2.24, 2.45) is 0 Å². The molecule has 0 atom stereocenters. The minimum Gasteiger partial charge on any atom is -0.455 e. The molecule has 0 amide bonds. The van der Waals surface area contributed by atoms with E-state index in [0.717, 1.165) is 77.5 Å². The van der Waals surface area contributed by atoms with Crippen LogP contribution in [0.1, 0.15) is 0 Å². The van der Waals surface area contributed by atoms with Crippen LogP contribution in [0.4, 0.5) is 0 Å². The molecule has 0 N–H and O–H groups in total. The normalized spacial score (nSPS) is 11.8. The molecule has 0 bridgehead atoms. The van der Waals surface area contributed by atoms with Crippen LogP contribution in [-0.4, -0.2) is 14.5 Å². The Balaban J connectivity index is 1.26. The van der Waals surface area contributed by atoms with Crippen molar-refractivity contribution in [3.63, 3.8) is 0 Å². The van der Waals surface area contributed by atoms with Crippen molar-refractivity contribution in [2.75, 3.05) is 0 Å². The van der Waals surface area contributed by atoms with Crippen molar-refractivity contribution in [3.05, 3.63) is 164 Å². The lowest BCUT2D eigenvalue weighted by Crippen LogP contribution is -1.96. The van der Waals surface area contributed by atoms with Gasteiger partial charge in [0.2, 0.25) is 0 Å². The SMILES string of the molecule is c1ccc(-c2cc(-c3ccccc3)nc(-c3cccc4c3oc3c4ccc4c3c3ccccc3n4-c3cccc4ccccc34)n2)cc1. The summed E-state index contributed by atoms with van der Waals surface area (Å²) in [6.07, 6.45) is 0. The molecule has 0 unspecified atom stereocenters. The molecular formula is C44H27N3O. The Morgan fingerprint density at radius 2 is 1.04 bits per heavy atom. The van der Waals surface area contributed by atoms with Crippen molar-refractivity contribution < 1.29 is 4.42 Å². The summed E-state index contributed by atoms with van der Waals surface area (Å²) < 4.78 is 9.37. The monoisotopic (exact) mass is 613 g/mol. The Kier molecular flexibility index (Phi) is 5.84. The Morgan fingerprint density at radius 3 is 1.81 bits per heavy atom. The molecule has 0 saturated carbocycles. The summed E-state index contributed by atoms with van der Waals surface area (Å²) in [4.78, 5) is 10.3. The van der Waals surface area contributed by atoms with E-state index in [4.69, 9.17) is 14.4 Å². The van der Waals surface area contributed by atoms with Crippen molar-refractivity contribution >= 4 is 54.5 Å². The van der Waals surface area contributed by atoms with Crippen LogP contribution in [0.25, 0.3) is 94.1 Å². The van der Waals surface area contributed by atoms with Crippen LogP contribution in [-0.2, 0) is 0 Å². The van der Waals surface area contributed by atoms with Gasteiger partial charge in [0.25, 0.3) is 0 Å². The minimum absolute atomic E-state index is 0.634. The van der Waals surface area contributed by atoms with Gasteiger partial charge in [0.05, 0.1) is 39.1 Å². The fourth-order valence-electron chi connectivity index (χ4n) is 7.23. The van der Waals surface area contributed by atoms with Gasteiger partial charge in [-0.2, -0.15) is 0 Å². The molecule has 4 nitrogen and oxygen atoms in total. The highest BCUT2D eigenvalue weighted by Crippen LogP contribution is 2.43. The van der Waals surface area contributed by atoms with E-state index in [1.165, 1.54) is 10.8 Å². The van der Waals surface area contributed by atoms with E-state index >= 15 is 0 Å². The molecule has 0 radical (unpaired) electrons. The zero-order valence-corrected chi connectivity index (χ0v) is 25.8. The lowest BCUT2D eigenvalue weighted by molar-refractivity contribution is 0.673. The number of benzene rings is 7. The molecule has 0 saturated heterocycles. The minimum atomic E-state index is 0.634. The van der Waals surface area contributed by atoms with Crippen molar-refractivity contribution in [1.29, 1.82) is 0 Å². The molecule has 48 heavy (non-hydrogen) atoms. The van der Waals surface area contributed by atoms with E-state index < -0.39 is 0 Å². The summed E-state index contributed by atoms with van der Waals surface area (Å²) in [5.74, 6) is 0.634. The van der Waals surface area contributed by atoms with Gasteiger partial charge >= 0.3 is 0 Å². The number of nitrogens with zero attached hydrogens (tertiary/aromatic N) is 3. The number of aromatic nitrogens is 3. The van der Waals surface area contributed by atoms with Gasteiger partial charge in [-0.05, 0) is 41.8 Å². The molecule has 224 valence electrons. The fraction of sp³-hybridized carbons (Fsp3) is 0. The van der Waals surface area contributed by atoms with Gasteiger partial charge in [0.15, 0.2) is 5.82 Å². The maximum absolute atomic E-state index is 6.99. The number of fused-ring (bicyclic) bond motifs is 8. The van der Waals surface area contributed by atoms with E-state index in [1.54, 1.807) is 0 Å². The van der Waals surface area contributed by atoms with Crippen molar-refractivity contribution in [2.45, 2.75) is 0 Å². The molecular weight excluding hydrogens is 587 g/mol. The average molecular weight is 614 g/mol. The quantitative estimate of drug-likeness (QED) is 0.198. The van der Waals surface area contributed by atoms with Crippen LogP contribution < -0.4 is 0 Å². The second-order valence-electron chi connectivity index (χ2n) is 12.2. The lowest BCUT2D eigenvalue weighted by atomic mass is 10.0. The maximum atomic E-state index is 6.99. The number of rotatable bonds is 4. The molecule has 0 aliphatic carbocycles. The summed E-state index contributed by atoms with van der Waals surface area (Å²) in [5, 5.41) is 6.79. The Hall–Kier alpha value is -6.52. The standard InChI is InChI=1S/C44H27N3O/c1-3-14-29(15-4-1)36-27-37(30-16-5-2-6-17-30)46-44(45-36)35-22-12-21-32-33-25-26-40-41(43(33)48-42(32)35)34-20-9-10-23-39(34)47(40)38-24-11-18-28-13-7-8-19-31(28)38/h1-27H. The Labute approximate surface area is 276 Å². The molecule has 7 aromatic carbocycles. The van der Waals surface area contributed by atoms with Gasteiger partial charge in [-0.1, -0.05) is 127 Å². The maximum Gasteiger partial charge on any atom is 0.164 e. The second kappa shape index (κ2) is 10.5. The van der Waals surface area contributed by atoms with E-state index in [9.17, 15) is 0 Å².